The van der Waals surface area contributed by atoms with Gasteiger partial charge in [0, 0.05) is 10.4 Å². The van der Waals surface area contributed by atoms with E-state index in [-0.39, 0.29) is 12.1 Å². The molecule has 0 fully saturated rings. The number of rotatable bonds is 2. The smallest absolute Gasteiger partial charge is 0.434 e. The van der Waals surface area contributed by atoms with Crippen molar-refractivity contribution in [2.45, 2.75) is 18.9 Å². The number of halogens is 1. The molecule has 1 aliphatic rings. The van der Waals surface area contributed by atoms with E-state index in [1.165, 1.54) is 13.3 Å². The number of carbonyl (C=O) groups is 2. The van der Waals surface area contributed by atoms with E-state index >= 15 is 0 Å². The number of ether oxygens (including phenoxy) is 1. The zero-order valence-corrected chi connectivity index (χ0v) is 15.3. The molecule has 0 saturated heterocycles. The van der Waals surface area contributed by atoms with Crippen LogP contribution in [0.2, 0.25) is 5.02 Å². The normalized spacial score (nSPS) is 15.4. The quantitative estimate of drug-likeness (QED) is 0.696. The summed E-state index contributed by atoms with van der Waals surface area (Å²) in [5.41, 5.74) is 3.37. The van der Waals surface area contributed by atoms with Crippen LogP contribution in [0.3, 0.4) is 0 Å². The number of anilines is 1. The molecule has 27 heavy (non-hydrogen) atoms. The molecular weight excluding hydrogens is 368 g/mol. The van der Waals surface area contributed by atoms with Crippen molar-refractivity contribution in [2.24, 2.45) is 0 Å². The van der Waals surface area contributed by atoms with Crippen LogP contribution in [0.25, 0.3) is 10.9 Å². The number of nitrogens with one attached hydrogen (secondary N) is 2. The lowest BCUT2D eigenvalue weighted by Gasteiger charge is -2.15. The highest BCUT2D eigenvalue weighted by Crippen LogP contribution is 2.33. The third-order valence-electron chi connectivity index (χ3n) is 4.70. The molecular formula is C19H17ClN4O3. The average Bonchev–Trinajstić information content (AvgIpc) is 3.26. The van der Waals surface area contributed by atoms with Crippen molar-refractivity contribution in [3.05, 3.63) is 58.7 Å². The van der Waals surface area contributed by atoms with Crippen LogP contribution in [0, 0.1) is 0 Å². The van der Waals surface area contributed by atoms with Crippen LogP contribution in [0.15, 0.2) is 42.6 Å². The first-order valence-corrected chi connectivity index (χ1v) is 8.85. The van der Waals surface area contributed by atoms with Crippen LogP contribution >= 0.6 is 11.6 Å². The van der Waals surface area contributed by atoms with Crippen molar-refractivity contribution in [3.8, 4) is 0 Å². The Bertz CT molecular complexity index is 1050. The minimum Gasteiger partial charge on any atom is -0.451 e. The molecule has 1 unspecified atom stereocenters. The third-order valence-corrected chi connectivity index (χ3v) is 4.93. The van der Waals surface area contributed by atoms with Crippen molar-refractivity contribution in [3.63, 3.8) is 0 Å². The second-order valence-electron chi connectivity index (χ2n) is 6.30. The number of hydrogen-bond acceptors (Lipinski definition) is 4. The lowest BCUT2D eigenvalue weighted by atomic mass is 10.1. The van der Waals surface area contributed by atoms with Crippen LogP contribution in [0.5, 0.6) is 0 Å². The van der Waals surface area contributed by atoms with Gasteiger partial charge in [-0.1, -0.05) is 23.7 Å². The summed E-state index contributed by atoms with van der Waals surface area (Å²) < 4.78 is 5.85. The molecule has 0 saturated carbocycles. The molecule has 1 atom stereocenters. The van der Waals surface area contributed by atoms with Gasteiger partial charge >= 0.3 is 12.1 Å². The number of fused-ring (bicyclic) bond motifs is 2. The second kappa shape index (κ2) is 6.92. The van der Waals surface area contributed by atoms with E-state index in [4.69, 9.17) is 16.3 Å². The molecule has 0 bridgehead atoms. The Morgan fingerprint density at radius 3 is 2.96 bits per heavy atom. The summed E-state index contributed by atoms with van der Waals surface area (Å²) in [5.74, 6) is 0. The molecule has 2 amide bonds. The van der Waals surface area contributed by atoms with Gasteiger partial charge in [0.15, 0.2) is 0 Å². The van der Waals surface area contributed by atoms with Crippen molar-refractivity contribution in [1.82, 2.24) is 15.1 Å². The predicted molar refractivity (Wildman–Crippen MR) is 102 cm³/mol. The Kier molecular flexibility index (Phi) is 4.45. The van der Waals surface area contributed by atoms with Crippen molar-refractivity contribution >= 4 is 40.3 Å². The lowest BCUT2D eigenvalue weighted by molar-refractivity contribution is 0.170. The number of aryl methyl sites for hydroxylation is 1. The Morgan fingerprint density at radius 2 is 2.15 bits per heavy atom. The lowest BCUT2D eigenvalue weighted by Crippen LogP contribution is -2.31. The van der Waals surface area contributed by atoms with Crippen LogP contribution in [-0.2, 0) is 11.2 Å². The first kappa shape index (κ1) is 17.4. The highest BCUT2D eigenvalue weighted by Gasteiger charge is 2.24. The number of aromatic nitrogens is 2. The number of hydrogen-bond donors (Lipinski definition) is 2. The van der Waals surface area contributed by atoms with E-state index in [1.54, 1.807) is 18.2 Å². The molecule has 1 aliphatic carbocycles. The summed E-state index contributed by atoms with van der Waals surface area (Å²) in [6, 6.07) is 10.6. The molecule has 1 heterocycles. The van der Waals surface area contributed by atoms with E-state index in [1.807, 2.05) is 18.2 Å². The Morgan fingerprint density at radius 1 is 1.30 bits per heavy atom. The maximum absolute atomic E-state index is 12.5. The van der Waals surface area contributed by atoms with E-state index < -0.39 is 6.09 Å². The first-order valence-electron chi connectivity index (χ1n) is 8.47. The predicted octanol–water partition coefficient (Wildman–Crippen LogP) is 4.11. The average molecular weight is 385 g/mol. The zero-order valence-electron chi connectivity index (χ0n) is 14.5. The summed E-state index contributed by atoms with van der Waals surface area (Å²) in [7, 11) is 1.29. The molecule has 1 aromatic heterocycles. The minimum atomic E-state index is -0.590. The summed E-state index contributed by atoms with van der Waals surface area (Å²) in [6.45, 7) is 0. The Balaban J connectivity index is 1.53. The van der Waals surface area contributed by atoms with Crippen molar-refractivity contribution in [1.29, 1.82) is 0 Å². The maximum Gasteiger partial charge on any atom is 0.434 e. The maximum atomic E-state index is 12.5. The first-order chi connectivity index (χ1) is 13.1. The van der Waals surface area contributed by atoms with Crippen LogP contribution in [-0.4, -0.2) is 29.0 Å². The number of benzene rings is 2. The van der Waals surface area contributed by atoms with E-state index in [9.17, 15) is 9.59 Å². The standard InChI is InChI=1S/C19H17ClN4O3/c1-27-19(26)24-17-4-2-3-15(14(17)10-21-24)22-18(25)23-16-8-5-11-9-12(20)6-7-13(11)16/h2-4,6-7,9-10,16H,5,8H2,1H3,(H2,22,23,25). The number of amides is 2. The molecule has 2 N–H and O–H groups in total. The Hall–Kier alpha value is -3.06. The largest absolute Gasteiger partial charge is 0.451 e. The highest BCUT2D eigenvalue weighted by atomic mass is 35.5. The molecule has 0 radical (unpaired) electrons. The van der Waals surface area contributed by atoms with Gasteiger partial charge in [0.2, 0.25) is 0 Å². The molecule has 8 heteroatoms. The summed E-state index contributed by atoms with van der Waals surface area (Å²) in [5, 5.41) is 11.2. The monoisotopic (exact) mass is 384 g/mol. The van der Waals surface area contributed by atoms with Crippen molar-refractivity contribution in [2.75, 3.05) is 12.4 Å². The Labute approximate surface area is 160 Å². The van der Waals surface area contributed by atoms with E-state index in [0.29, 0.717) is 21.6 Å². The van der Waals surface area contributed by atoms with Crippen LogP contribution < -0.4 is 10.6 Å². The van der Waals surface area contributed by atoms with E-state index in [2.05, 4.69) is 15.7 Å². The summed E-state index contributed by atoms with van der Waals surface area (Å²) in [4.78, 5) is 24.3. The molecule has 138 valence electrons. The van der Waals surface area contributed by atoms with Gasteiger partial charge in [0.25, 0.3) is 0 Å². The molecule has 7 nitrogen and oxygen atoms in total. The van der Waals surface area contributed by atoms with Crippen molar-refractivity contribution < 1.29 is 14.3 Å². The number of methoxy groups -OCH3 is 1. The summed E-state index contributed by atoms with van der Waals surface area (Å²) >= 11 is 6.03. The van der Waals surface area contributed by atoms with Crippen LogP contribution in [0.4, 0.5) is 15.3 Å². The molecule has 3 aromatic rings. The molecule has 0 aliphatic heterocycles. The van der Waals surface area contributed by atoms with Crippen LogP contribution in [0.1, 0.15) is 23.6 Å². The van der Waals surface area contributed by atoms with Gasteiger partial charge in [0.05, 0.1) is 30.6 Å². The third kappa shape index (κ3) is 3.21. The fourth-order valence-corrected chi connectivity index (χ4v) is 3.64. The van der Waals surface area contributed by atoms with Gasteiger partial charge in [-0.15, -0.1) is 0 Å². The fraction of sp³-hybridized carbons (Fsp3) is 0.211. The van der Waals surface area contributed by atoms with E-state index in [0.717, 1.165) is 28.7 Å². The number of urea groups is 1. The summed E-state index contributed by atoms with van der Waals surface area (Å²) in [6.07, 6.45) is 2.64. The topological polar surface area (TPSA) is 85.2 Å². The molecule has 0 spiro atoms. The number of nitrogens with zero attached hydrogens (tertiary/aromatic N) is 2. The van der Waals surface area contributed by atoms with Gasteiger partial charge < -0.3 is 15.4 Å². The van der Waals surface area contributed by atoms with Gasteiger partial charge in [-0.3, -0.25) is 0 Å². The fourth-order valence-electron chi connectivity index (χ4n) is 3.44. The highest BCUT2D eigenvalue weighted by molar-refractivity contribution is 6.30. The molecule has 4 rings (SSSR count). The second-order valence-corrected chi connectivity index (χ2v) is 6.73. The number of carbonyl (C=O) groups excluding carboxylic acids is 2. The minimum absolute atomic E-state index is 0.0609. The van der Waals surface area contributed by atoms with Gasteiger partial charge in [0.1, 0.15) is 0 Å². The van der Waals surface area contributed by atoms with Gasteiger partial charge in [-0.05, 0) is 48.2 Å². The zero-order chi connectivity index (χ0) is 19.0. The SMILES string of the molecule is COC(=O)n1ncc2c(NC(=O)NC3CCc4cc(Cl)ccc43)cccc21. The van der Waals surface area contributed by atoms with Gasteiger partial charge in [-0.25, -0.2) is 9.59 Å². The van der Waals surface area contributed by atoms with Gasteiger partial charge in [-0.2, -0.15) is 9.78 Å². The molecule has 2 aromatic carbocycles.